The molecule has 7 heteroatoms. The molecule has 0 atom stereocenters. The molecule has 14 heavy (non-hydrogen) atoms. The van der Waals surface area contributed by atoms with Gasteiger partial charge in [-0.25, -0.2) is 4.98 Å². The smallest absolute Gasteiger partial charge is 0.392 e. The standard InChI is InChI=1S/C7H6ClF3N2O/c8-6-12-3-1-5(13-6)14-4-2-7(9,10)11/h1,3H,2,4H2. The molecule has 1 rings (SSSR count). The number of ether oxygens (including phenoxy) is 1. The van der Waals surface area contributed by atoms with Crippen LogP contribution < -0.4 is 4.74 Å². The SMILES string of the molecule is FC(F)(F)CCOc1ccnc(Cl)n1. The van der Waals surface area contributed by atoms with E-state index in [1.807, 2.05) is 0 Å². The summed E-state index contributed by atoms with van der Waals surface area (Å²) in [5.74, 6) is 0.0363. The summed E-state index contributed by atoms with van der Waals surface area (Å²) >= 11 is 5.39. The minimum atomic E-state index is -4.23. The lowest BCUT2D eigenvalue weighted by Gasteiger charge is -2.07. The van der Waals surface area contributed by atoms with E-state index in [1.165, 1.54) is 12.3 Å². The molecule has 0 aliphatic rings. The lowest BCUT2D eigenvalue weighted by atomic mass is 10.4. The van der Waals surface area contributed by atoms with Crippen LogP contribution in [0.1, 0.15) is 6.42 Å². The summed E-state index contributed by atoms with van der Waals surface area (Å²) in [4.78, 5) is 7.11. The van der Waals surface area contributed by atoms with Crippen LogP contribution in [0, 0.1) is 0 Å². The van der Waals surface area contributed by atoms with Crippen molar-refractivity contribution in [2.45, 2.75) is 12.6 Å². The Balaban J connectivity index is 2.39. The minimum absolute atomic E-state index is 0.0363. The van der Waals surface area contributed by atoms with Gasteiger partial charge in [0.2, 0.25) is 11.2 Å². The van der Waals surface area contributed by atoms with E-state index in [-0.39, 0.29) is 11.2 Å². The van der Waals surface area contributed by atoms with Gasteiger partial charge in [-0.3, -0.25) is 0 Å². The largest absolute Gasteiger partial charge is 0.477 e. The molecule has 0 saturated heterocycles. The molecule has 0 aliphatic heterocycles. The predicted molar refractivity (Wildman–Crippen MR) is 43.2 cm³/mol. The molecule has 0 fully saturated rings. The molecule has 0 aromatic carbocycles. The lowest BCUT2D eigenvalue weighted by Crippen LogP contribution is -2.13. The topological polar surface area (TPSA) is 35.0 Å². The maximum atomic E-state index is 11.7. The normalized spacial score (nSPS) is 11.4. The molecule has 0 spiro atoms. The zero-order valence-electron chi connectivity index (χ0n) is 6.88. The van der Waals surface area contributed by atoms with Crippen LogP contribution in [-0.2, 0) is 0 Å². The van der Waals surface area contributed by atoms with Crippen LogP contribution in [-0.4, -0.2) is 22.8 Å². The summed E-state index contributed by atoms with van der Waals surface area (Å²) in [6.07, 6.45) is -3.94. The number of hydrogen-bond donors (Lipinski definition) is 0. The molecule has 0 aliphatic carbocycles. The van der Waals surface area contributed by atoms with Crippen LogP contribution in [0.15, 0.2) is 12.3 Å². The Kier molecular flexibility index (Phi) is 3.51. The summed E-state index contributed by atoms with van der Waals surface area (Å²) in [5.41, 5.74) is 0. The molecule has 0 radical (unpaired) electrons. The molecular formula is C7H6ClF3N2O. The van der Waals surface area contributed by atoms with Crippen LogP contribution in [0.2, 0.25) is 5.28 Å². The van der Waals surface area contributed by atoms with Crippen LogP contribution in [0.4, 0.5) is 13.2 Å². The van der Waals surface area contributed by atoms with Crippen molar-refractivity contribution in [3.63, 3.8) is 0 Å². The second-order valence-electron chi connectivity index (χ2n) is 2.38. The molecule has 0 amide bonds. The Labute approximate surface area is 82.9 Å². The van der Waals surface area contributed by atoms with E-state index >= 15 is 0 Å². The highest BCUT2D eigenvalue weighted by Crippen LogP contribution is 2.19. The average molecular weight is 227 g/mol. The fourth-order valence-electron chi connectivity index (χ4n) is 0.671. The van der Waals surface area contributed by atoms with E-state index < -0.39 is 19.2 Å². The van der Waals surface area contributed by atoms with Crippen molar-refractivity contribution in [1.29, 1.82) is 0 Å². The average Bonchev–Trinajstić information content (AvgIpc) is 2.01. The molecule has 1 aromatic rings. The highest BCUT2D eigenvalue weighted by molar-refractivity contribution is 6.28. The Bertz CT molecular complexity index is 305. The minimum Gasteiger partial charge on any atom is -0.477 e. The molecule has 1 aromatic heterocycles. The van der Waals surface area contributed by atoms with Crippen molar-refractivity contribution in [1.82, 2.24) is 9.97 Å². The van der Waals surface area contributed by atoms with Gasteiger partial charge in [-0.15, -0.1) is 0 Å². The maximum absolute atomic E-state index is 11.7. The zero-order chi connectivity index (χ0) is 10.6. The summed E-state index contributed by atoms with van der Waals surface area (Å²) in [7, 11) is 0. The molecule has 3 nitrogen and oxygen atoms in total. The highest BCUT2D eigenvalue weighted by atomic mass is 35.5. The van der Waals surface area contributed by atoms with Gasteiger partial charge in [0.15, 0.2) is 0 Å². The Hall–Kier alpha value is -1.04. The van der Waals surface area contributed by atoms with Crippen molar-refractivity contribution < 1.29 is 17.9 Å². The van der Waals surface area contributed by atoms with E-state index in [0.29, 0.717) is 0 Å². The van der Waals surface area contributed by atoms with E-state index in [4.69, 9.17) is 16.3 Å². The maximum Gasteiger partial charge on any atom is 0.392 e. The number of rotatable bonds is 3. The van der Waals surface area contributed by atoms with Gasteiger partial charge in [0, 0.05) is 12.3 Å². The predicted octanol–water partition coefficient (Wildman–Crippen LogP) is 2.46. The number of nitrogens with zero attached hydrogens (tertiary/aromatic N) is 2. The van der Waals surface area contributed by atoms with E-state index in [0.717, 1.165) is 0 Å². The molecule has 0 N–H and O–H groups in total. The third-order valence-corrected chi connectivity index (χ3v) is 1.42. The van der Waals surface area contributed by atoms with Crippen molar-refractivity contribution >= 4 is 11.6 Å². The fourth-order valence-corrected chi connectivity index (χ4v) is 0.811. The third kappa shape index (κ3) is 4.27. The first kappa shape index (κ1) is 11.0. The van der Waals surface area contributed by atoms with E-state index in [2.05, 4.69) is 9.97 Å². The van der Waals surface area contributed by atoms with Gasteiger partial charge < -0.3 is 4.74 Å². The monoisotopic (exact) mass is 226 g/mol. The number of hydrogen-bond acceptors (Lipinski definition) is 3. The van der Waals surface area contributed by atoms with E-state index in [1.54, 1.807) is 0 Å². The molecule has 0 bridgehead atoms. The van der Waals surface area contributed by atoms with Crippen molar-refractivity contribution in [2.24, 2.45) is 0 Å². The Morgan fingerprint density at radius 2 is 2.14 bits per heavy atom. The van der Waals surface area contributed by atoms with Gasteiger partial charge in [0.1, 0.15) is 0 Å². The van der Waals surface area contributed by atoms with Crippen molar-refractivity contribution in [3.8, 4) is 5.88 Å². The van der Waals surface area contributed by atoms with E-state index in [9.17, 15) is 13.2 Å². The third-order valence-electron chi connectivity index (χ3n) is 1.24. The highest BCUT2D eigenvalue weighted by Gasteiger charge is 2.26. The molecular weight excluding hydrogens is 221 g/mol. The summed E-state index contributed by atoms with van der Waals surface area (Å²) in [5, 5.41) is -0.0606. The van der Waals surface area contributed by atoms with Gasteiger partial charge in [0.05, 0.1) is 13.0 Å². The number of aromatic nitrogens is 2. The van der Waals surface area contributed by atoms with Crippen LogP contribution >= 0.6 is 11.6 Å². The zero-order valence-corrected chi connectivity index (χ0v) is 7.64. The Morgan fingerprint density at radius 1 is 1.43 bits per heavy atom. The fraction of sp³-hybridized carbons (Fsp3) is 0.429. The summed E-state index contributed by atoms with van der Waals surface area (Å²) < 4.78 is 39.8. The van der Waals surface area contributed by atoms with Crippen LogP contribution in [0.5, 0.6) is 5.88 Å². The quantitative estimate of drug-likeness (QED) is 0.743. The summed E-state index contributed by atoms with van der Waals surface area (Å²) in [6.45, 7) is -0.475. The second-order valence-corrected chi connectivity index (χ2v) is 2.72. The van der Waals surface area contributed by atoms with Crippen molar-refractivity contribution in [2.75, 3.05) is 6.61 Å². The van der Waals surface area contributed by atoms with Gasteiger partial charge >= 0.3 is 6.18 Å². The second kappa shape index (κ2) is 4.45. The first-order valence-corrected chi connectivity index (χ1v) is 4.03. The molecule has 0 saturated carbocycles. The number of halogens is 4. The van der Waals surface area contributed by atoms with Gasteiger partial charge in [-0.1, -0.05) is 0 Å². The first-order valence-electron chi connectivity index (χ1n) is 3.65. The summed E-state index contributed by atoms with van der Waals surface area (Å²) in [6, 6.07) is 1.34. The van der Waals surface area contributed by atoms with Crippen LogP contribution in [0.25, 0.3) is 0 Å². The Morgan fingerprint density at radius 3 is 2.71 bits per heavy atom. The number of alkyl halides is 3. The van der Waals surface area contributed by atoms with Crippen molar-refractivity contribution in [3.05, 3.63) is 17.5 Å². The van der Waals surface area contributed by atoms with Gasteiger partial charge in [-0.05, 0) is 11.6 Å². The lowest BCUT2D eigenvalue weighted by molar-refractivity contribution is -0.139. The molecule has 1 heterocycles. The molecule has 78 valence electrons. The van der Waals surface area contributed by atoms with Gasteiger partial charge in [-0.2, -0.15) is 18.2 Å². The first-order chi connectivity index (χ1) is 6.47. The van der Waals surface area contributed by atoms with Crippen LogP contribution in [0.3, 0.4) is 0 Å². The van der Waals surface area contributed by atoms with Gasteiger partial charge in [0.25, 0.3) is 0 Å². The molecule has 0 unspecified atom stereocenters.